The molecule has 0 aliphatic rings. The molecule has 1 rings (SSSR count). The zero-order valence-corrected chi connectivity index (χ0v) is 8.90. The molecule has 0 heterocycles. The Morgan fingerprint density at radius 2 is 2.00 bits per heavy atom. The minimum atomic E-state index is 0.400. The number of hydrogen-bond acceptors (Lipinski definition) is 1. The predicted octanol–water partition coefficient (Wildman–Crippen LogP) is 2.70. The fourth-order valence-corrected chi connectivity index (χ4v) is 1.58. The first-order valence-electron chi connectivity index (χ1n) is 5.02. The molecule has 0 saturated carbocycles. The topological polar surface area (TPSA) is 3.24 Å². The van der Waals surface area contributed by atoms with Crippen LogP contribution in [-0.4, -0.2) is 18.0 Å². The predicted molar refractivity (Wildman–Crippen MR) is 60.9 cm³/mol. The molecule has 1 nitrogen and oxygen atoms in total. The molecule has 0 fully saturated rings. The quantitative estimate of drug-likeness (QED) is 0.655. The highest BCUT2D eigenvalue weighted by Crippen LogP contribution is 2.18. The van der Waals surface area contributed by atoms with Gasteiger partial charge in [-0.1, -0.05) is 43.2 Å². The molecule has 1 atom stereocenters. The molecular formula is C13H17N. The van der Waals surface area contributed by atoms with Gasteiger partial charge in [-0.3, -0.25) is 4.90 Å². The van der Waals surface area contributed by atoms with E-state index in [4.69, 9.17) is 6.42 Å². The van der Waals surface area contributed by atoms with Gasteiger partial charge in [-0.25, -0.2) is 0 Å². The Hall–Kier alpha value is -1.26. The lowest BCUT2D eigenvalue weighted by Gasteiger charge is -2.25. The summed E-state index contributed by atoms with van der Waals surface area (Å²) in [6, 6.07) is 10.9. The van der Waals surface area contributed by atoms with Crippen LogP contribution in [-0.2, 0) is 0 Å². The lowest BCUT2D eigenvalue weighted by Crippen LogP contribution is -2.27. The first-order valence-corrected chi connectivity index (χ1v) is 5.02. The van der Waals surface area contributed by atoms with Crippen molar-refractivity contribution in [2.45, 2.75) is 19.9 Å². The Bertz CT molecular complexity index is 297. The van der Waals surface area contributed by atoms with E-state index >= 15 is 0 Å². The Morgan fingerprint density at radius 3 is 2.50 bits per heavy atom. The van der Waals surface area contributed by atoms with E-state index in [1.54, 1.807) is 0 Å². The first kappa shape index (κ1) is 10.8. The van der Waals surface area contributed by atoms with Crippen molar-refractivity contribution >= 4 is 0 Å². The highest BCUT2D eigenvalue weighted by Gasteiger charge is 2.11. The first-order chi connectivity index (χ1) is 6.79. The molecule has 0 bridgehead atoms. The minimum Gasteiger partial charge on any atom is -0.286 e. The zero-order chi connectivity index (χ0) is 10.4. The number of rotatable bonds is 4. The van der Waals surface area contributed by atoms with Crippen molar-refractivity contribution in [3.05, 3.63) is 35.9 Å². The second kappa shape index (κ2) is 5.47. The molecular weight excluding hydrogens is 170 g/mol. The number of hydrogen-bond donors (Lipinski definition) is 0. The van der Waals surface area contributed by atoms with Crippen LogP contribution in [0, 0.1) is 12.3 Å². The van der Waals surface area contributed by atoms with Crippen LogP contribution in [0.4, 0.5) is 0 Å². The molecule has 1 aromatic carbocycles. The normalized spacial score (nSPS) is 12.4. The van der Waals surface area contributed by atoms with Gasteiger partial charge >= 0.3 is 0 Å². The lowest BCUT2D eigenvalue weighted by molar-refractivity contribution is 0.251. The van der Waals surface area contributed by atoms with Crippen molar-refractivity contribution in [1.29, 1.82) is 0 Å². The maximum absolute atomic E-state index is 5.33. The van der Waals surface area contributed by atoms with Crippen molar-refractivity contribution in [2.75, 3.05) is 13.1 Å². The Morgan fingerprint density at radius 1 is 1.36 bits per heavy atom. The van der Waals surface area contributed by atoms with Gasteiger partial charge in [-0.05, 0) is 19.0 Å². The van der Waals surface area contributed by atoms with Gasteiger partial charge in [-0.15, -0.1) is 6.42 Å². The Kier molecular flexibility index (Phi) is 4.22. The third-order valence-electron chi connectivity index (χ3n) is 2.53. The van der Waals surface area contributed by atoms with Crippen LogP contribution in [0.15, 0.2) is 30.3 Å². The summed E-state index contributed by atoms with van der Waals surface area (Å²) in [6.07, 6.45) is 5.33. The molecule has 14 heavy (non-hydrogen) atoms. The second-order valence-electron chi connectivity index (χ2n) is 3.35. The van der Waals surface area contributed by atoms with Gasteiger partial charge in [0.2, 0.25) is 0 Å². The summed E-state index contributed by atoms with van der Waals surface area (Å²) in [6.45, 7) is 6.03. The summed E-state index contributed by atoms with van der Waals surface area (Å²) in [4.78, 5) is 2.27. The van der Waals surface area contributed by atoms with Crippen LogP contribution >= 0.6 is 0 Å². The molecule has 1 unspecified atom stereocenters. The second-order valence-corrected chi connectivity index (χ2v) is 3.35. The van der Waals surface area contributed by atoms with Crippen LogP contribution in [0.1, 0.15) is 25.5 Å². The molecule has 0 aliphatic carbocycles. The minimum absolute atomic E-state index is 0.400. The molecule has 74 valence electrons. The maximum Gasteiger partial charge on any atom is 0.0603 e. The van der Waals surface area contributed by atoms with Gasteiger partial charge in [-0.2, -0.15) is 0 Å². The summed E-state index contributed by atoms with van der Waals surface area (Å²) >= 11 is 0. The summed E-state index contributed by atoms with van der Waals surface area (Å²) in [7, 11) is 0. The highest BCUT2D eigenvalue weighted by atomic mass is 15.1. The van der Waals surface area contributed by atoms with E-state index in [1.807, 2.05) is 6.07 Å². The van der Waals surface area contributed by atoms with Crippen LogP contribution in [0.3, 0.4) is 0 Å². The molecule has 0 radical (unpaired) electrons. The summed E-state index contributed by atoms with van der Waals surface area (Å²) in [5, 5.41) is 0. The summed E-state index contributed by atoms with van der Waals surface area (Å²) < 4.78 is 0. The van der Waals surface area contributed by atoms with E-state index in [9.17, 15) is 0 Å². The van der Waals surface area contributed by atoms with E-state index in [1.165, 1.54) is 5.56 Å². The largest absolute Gasteiger partial charge is 0.286 e. The van der Waals surface area contributed by atoms with Gasteiger partial charge < -0.3 is 0 Å². The summed E-state index contributed by atoms with van der Waals surface area (Å²) in [5.41, 5.74) is 1.32. The smallest absolute Gasteiger partial charge is 0.0603 e. The molecule has 0 amide bonds. The fourth-order valence-electron chi connectivity index (χ4n) is 1.58. The van der Waals surface area contributed by atoms with Gasteiger partial charge in [0.25, 0.3) is 0 Å². The highest BCUT2D eigenvalue weighted by molar-refractivity contribution is 5.18. The SMILES string of the molecule is C#CCN(CC)C(C)c1ccccc1. The average molecular weight is 187 g/mol. The third-order valence-corrected chi connectivity index (χ3v) is 2.53. The van der Waals surface area contributed by atoms with Crippen molar-refractivity contribution in [3.63, 3.8) is 0 Å². The molecule has 0 saturated heterocycles. The third kappa shape index (κ3) is 2.61. The van der Waals surface area contributed by atoms with Gasteiger partial charge in [0.15, 0.2) is 0 Å². The van der Waals surface area contributed by atoms with Crippen LogP contribution in [0.25, 0.3) is 0 Å². The Labute approximate surface area is 86.7 Å². The standard InChI is InChI=1S/C13H17N/c1-4-11-14(5-2)12(3)13-9-7-6-8-10-13/h1,6-10,12H,5,11H2,2-3H3. The molecule has 1 heteroatoms. The van der Waals surface area contributed by atoms with Crippen molar-refractivity contribution < 1.29 is 0 Å². The maximum atomic E-state index is 5.33. The van der Waals surface area contributed by atoms with Crippen molar-refractivity contribution in [3.8, 4) is 12.3 Å². The van der Waals surface area contributed by atoms with Gasteiger partial charge in [0, 0.05) is 6.04 Å². The Balaban J connectivity index is 2.73. The van der Waals surface area contributed by atoms with Gasteiger partial charge in [0.1, 0.15) is 0 Å². The van der Waals surface area contributed by atoms with Crippen molar-refractivity contribution in [1.82, 2.24) is 4.90 Å². The average Bonchev–Trinajstić information content (AvgIpc) is 2.26. The lowest BCUT2D eigenvalue weighted by atomic mass is 10.1. The number of terminal acetylenes is 1. The molecule has 0 spiro atoms. The van der Waals surface area contributed by atoms with Crippen LogP contribution in [0.5, 0.6) is 0 Å². The van der Waals surface area contributed by atoms with E-state index in [2.05, 4.69) is 48.9 Å². The molecule has 0 aliphatic heterocycles. The van der Waals surface area contributed by atoms with Gasteiger partial charge in [0.05, 0.1) is 6.54 Å². The van der Waals surface area contributed by atoms with Crippen molar-refractivity contribution in [2.24, 2.45) is 0 Å². The fraction of sp³-hybridized carbons (Fsp3) is 0.385. The van der Waals surface area contributed by atoms with E-state index < -0.39 is 0 Å². The molecule has 1 aromatic rings. The number of nitrogens with zero attached hydrogens (tertiary/aromatic N) is 1. The van der Waals surface area contributed by atoms with E-state index in [0.717, 1.165) is 6.54 Å². The number of benzene rings is 1. The van der Waals surface area contributed by atoms with Crippen LogP contribution < -0.4 is 0 Å². The molecule has 0 N–H and O–H groups in total. The van der Waals surface area contributed by atoms with E-state index in [0.29, 0.717) is 12.6 Å². The monoisotopic (exact) mass is 187 g/mol. The zero-order valence-electron chi connectivity index (χ0n) is 8.90. The van der Waals surface area contributed by atoms with Crippen LogP contribution in [0.2, 0.25) is 0 Å². The molecule has 0 aromatic heterocycles. The van der Waals surface area contributed by atoms with E-state index in [-0.39, 0.29) is 0 Å². The summed E-state index contributed by atoms with van der Waals surface area (Å²) in [5.74, 6) is 2.70.